The van der Waals surface area contributed by atoms with Crippen molar-refractivity contribution in [2.75, 3.05) is 11.9 Å². The van der Waals surface area contributed by atoms with E-state index in [1.165, 1.54) is 0 Å². The van der Waals surface area contributed by atoms with Crippen molar-refractivity contribution < 1.29 is 9.59 Å². The van der Waals surface area contributed by atoms with E-state index in [2.05, 4.69) is 22.7 Å². The highest BCUT2D eigenvalue weighted by Crippen LogP contribution is 2.19. The van der Waals surface area contributed by atoms with Gasteiger partial charge in [-0.05, 0) is 35.7 Å². The van der Waals surface area contributed by atoms with Gasteiger partial charge in [-0.2, -0.15) is 5.10 Å². The molecular formula is C25H25N3O2. The van der Waals surface area contributed by atoms with Gasteiger partial charge < -0.3 is 4.90 Å². The molecule has 0 aliphatic carbocycles. The number of hydrogen-bond acceptors (Lipinski definition) is 3. The van der Waals surface area contributed by atoms with Gasteiger partial charge in [-0.1, -0.05) is 72.8 Å². The maximum atomic E-state index is 12.4. The van der Waals surface area contributed by atoms with Crippen molar-refractivity contribution in [1.29, 1.82) is 0 Å². The molecule has 3 aromatic carbocycles. The fraction of sp³-hybridized carbons (Fsp3) is 0.160. The number of hydrazone groups is 1. The van der Waals surface area contributed by atoms with Crippen molar-refractivity contribution in [3.8, 4) is 11.1 Å². The van der Waals surface area contributed by atoms with Crippen LogP contribution in [0, 0.1) is 0 Å². The Morgan fingerprint density at radius 3 is 2.03 bits per heavy atom. The van der Waals surface area contributed by atoms with E-state index in [4.69, 9.17) is 0 Å². The first-order valence-electron chi connectivity index (χ1n) is 9.81. The summed E-state index contributed by atoms with van der Waals surface area (Å²) in [6, 6.07) is 27.4. The standard InChI is InChI=1S/C25H25N3O2/c1-19(17-25(30)28(2)23-11-7-4-8-12-23)26-27-24(29)18-20-13-15-22(16-14-20)21-9-5-3-6-10-21/h3-16H,17-18H2,1-2H3,(H,27,29)/b26-19+. The van der Waals surface area contributed by atoms with Crippen LogP contribution in [0.4, 0.5) is 5.69 Å². The SMILES string of the molecule is C/C(CC(=O)N(C)c1ccccc1)=N\NC(=O)Cc1ccc(-c2ccccc2)cc1. The predicted octanol–water partition coefficient (Wildman–Crippen LogP) is 4.44. The minimum absolute atomic E-state index is 0.0896. The van der Waals surface area contributed by atoms with Crippen LogP contribution < -0.4 is 10.3 Å². The molecule has 0 aliphatic heterocycles. The summed E-state index contributed by atoms with van der Waals surface area (Å²) in [6.45, 7) is 1.73. The smallest absolute Gasteiger partial charge is 0.244 e. The van der Waals surface area contributed by atoms with E-state index < -0.39 is 0 Å². The molecule has 0 atom stereocenters. The third kappa shape index (κ3) is 5.88. The Morgan fingerprint density at radius 2 is 1.40 bits per heavy atom. The van der Waals surface area contributed by atoms with E-state index in [9.17, 15) is 9.59 Å². The molecule has 5 heteroatoms. The van der Waals surface area contributed by atoms with Gasteiger partial charge in [-0.3, -0.25) is 9.59 Å². The molecule has 2 amide bonds. The number of benzene rings is 3. The van der Waals surface area contributed by atoms with Crippen LogP contribution in [0.25, 0.3) is 11.1 Å². The Kier molecular flexibility index (Phi) is 7.11. The van der Waals surface area contributed by atoms with Gasteiger partial charge in [-0.25, -0.2) is 5.43 Å². The van der Waals surface area contributed by atoms with Gasteiger partial charge in [0.15, 0.2) is 0 Å². The summed E-state index contributed by atoms with van der Waals surface area (Å²) >= 11 is 0. The monoisotopic (exact) mass is 399 g/mol. The minimum Gasteiger partial charge on any atom is -0.315 e. The number of hydrogen-bond donors (Lipinski definition) is 1. The van der Waals surface area contributed by atoms with Crippen LogP contribution in [0.5, 0.6) is 0 Å². The molecule has 3 rings (SSSR count). The van der Waals surface area contributed by atoms with Crippen LogP contribution in [0.3, 0.4) is 0 Å². The fourth-order valence-corrected chi connectivity index (χ4v) is 3.00. The molecule has 3 aromatic rings. The van der Waals surface area contributed by atoms with Crippen LogP contribution in [0.15, 0.2) is 90.0 Å². The lowest BCUT2D eigenvalue weighted by Crippen LogP contribution is -2.28. The summed E-state index contributed by atoms with van der Waals surface area (Å²) in [4.78, 5) is 26.1. The van der Waals surface area contributed by atoms with Crippen LogP contribution in [0.1, 0.15) is 18.9 Å². The zero-order valence-corrected chi connectivity index (χ0v) is 17.2. The average Bonchev–Trinajstić information content (AvgIpc) is 2.79. The molecule has 0 fully saturated rings. The zero-order valence-electron chi connectivity index (χ0n) is 17.2. The molecule has 0 aliphatic rings. The molecule has 0 saturated heterocycles. The van der Waals surface area contributed by atoms with Crippen molar-refractivity contribution in [1.82, 2.24) is 5.43 Å². The molecule has 0 spiro atoms. The number of rotatable bonds is 7. The molecule has 1 N–H and O–H groups in total. The Bertz CT molecular complexity index is 1010. The molecule has 0 saturated carbocycles. The second kappa shape index (κ2) is 10.2. The van der Waals surface area contributed by atoms with E-state index in [1.54, 1.807) is 18.9 Å². The molecular weight excluding hydrogens is 374 g/mol. The number of nitrogens with one attached hydrogen (secondary N) is 1. The molecule has 152 valence electrons. The fourth-order valence-electron chi connectivity index (χ4n) is 3.00. The van der Waals surface area contributed by atoms with Crippen LogP contribution in [-0.2, 0) is 16.0 Å². The summed E-state index contributed by atoms with van der Waals surface area (Å²) < 4.78 is 0. The molecule has 0 aromatic heterocycles. The van der Waals surface area contributed by atoms with Gasteiger partial charge >= 0.3 is 0 Å². The van der Waals surface area contributed by atoms with E-state index >= 15 is 0 Å². The molecule has 0 radical (unpaired) electrons. The summed E-state index contributed by atoms with van der Waals surface area (Å²) in [7, 11) is 1.72. The number of carbonyl (C=O) groups excluding carboxylic acids is 2. The van der Waals surface area contributed by atoms with Crippen molar-refractivity contribution in [3.63, 3.8) is 0 Å². The highest BCUT2D eigenvalue weighted by molar-refractivity contribution is 6.06. The number of carbonyl (C=O) groups is 2. The van der Waals surface area contributed by atoms with Gasteiger partial charge in [0, 0.05) is 18.4 Å². The van der Waals surface area contributed by atoms with E-state index in [-0.39, 0.29) is 24.7 Å². The molecule has 0 heterocycles. The van der Waals surface area contributed by atoms with Crippen molar-refractivity contribution >= 4 is 23.2 Å². The minimum atomic E-state index is -0.217. The summed E-state index contributed by atoms with van der Waals surface area (Å²) in [5, 5.41) is 4.07. The number of para-hydroxylation sites is 1. The van der Waals surface area contributed by atoms with Crippen LogP contribution >= 0.6 is 0 Å². The number of anilines is 1. The second-order valence-corrected chi connectivity index (χ2v) is 7.09. The highest BCUT2D eigenvalue weighted by atomic mass is 16.2. The summed E-state index contributed by atoms with van der Waals surface area (Å²) in [5.74, 6) is -0.307. The Balaban J connectivity index is 1.50. The Morgan fingerprint density at radius 1 is 0.833 bits per heavy atom. The predicted molar refractivity (Wildman–Crippen MR) is 121 cm³/mol. The lowest BCUT2D eigenvalue weighted by atomic mass is 10.0. The van der Waals surface area contributed by atoms with Gasteiger partial charge in [0.1, 0.15) is 0 Å². The third-order valence-electron chi connectivity index (χ3n) is 4.72. The second-order valence-electron chi connectivity index (χ2n) is 7.09. The highest BCUT2D eigenvalue weighted by Gasteiger charge is 2.12. The van der Waals surface area contributed by atoms with E-state index in [1.807, 2.05) is 72.8 Å². The quantitative estimate of drug-likeness (QED) is 0.472. The Hall–Kier alpha value is -3.73. The van der Waals surface area contributed by atoms with Crippen molar-refractivity contribution in [2.24, 2.45) is 5.10 Å². The third-order valence-corrected chi connectivity index (χ3v) is 4.72. The van der Waals surface area contributed by atoms with E-state index in [0.29, 0.717) is 5.71 Å². The first-order valence-corrected chi connectivity index (χ1v) is 9.81. The van der Waals surface area contributed by atoms with Gasteiger partial charge in [0.2, 0.25) is 11.8 Å². The molecule has 0 unspecified atom stereocenters. The van der Waals surface area contributed by atoms with E-state index in [0.717, 1.165) is 22.4 Å². The first kappa shape index (κ1) is 21.0. The maximum Gasteiger partial charge on any atom is 0.244 e. The van der Waals surface area contributed by atoms with Crippen LogP contribution in [-0.4, -0.2) is 24.6 Å². The lowest BCUT2D eigenvalue weighted by molar-refractivity contribution is -0.120. The average molecular weight is 399 g/mol. The Labute approximate surface area is 177 Å². The zero-order chi connectivity index (χ0) is 21.3. The van der Waals surface area contributed by atoms with Crippen molar-refractivity contribution in [3.05, 3.63) is 90.5 Å². The van der Waals surface area contributed by atoms with Gasteiger partial charge in [0.05, 0.1) is 12.8 Å². The molecule has 5 nitrogen and oxygen atoms in total. The van der Waals surface area contributed by atoms with Crippen molar-refractivity contribution in [2.45, 2.75) is 19.8 Å². The number of nitrogens with zero attached hydrogens (tertiary/aromatic N) is 2. The van der Waals surface area contributed by atoms with Gasteiger partial charge in [0.25, 0.3) is 0 Å². The normalized spacial score (nSPS) is 11.1. The maximum absolute atomic E-state index is 12.4. The largest absolute Gasteiger partial charge is 0.315 e. The summed E-state index contributed by atoms with van der Waals surface area (Å²) in [6.07, 6.45) is 0.362. The lowest BCUT2D eigenvalue weighted by Gasteiger charge is -2.17. The molecule has 0 bridgehead atoms. The van der Waals surface area contributed by atoms with Crippen LogP contribution in [0.2, 0.25) is 0 Å². The topological polar surface area (TPSA) is 61.8 Å². The first-order chi connectivity index (χ1) is 14.5. The molecule has 30 heavy (non-hydrogen) atoms. The van der Waals surface area contributed by atoms with Gasteiger partial charge in [-0.15, -0.1) is 0 Å². The number of amides is 2. The summed E-state index contributed by atoms with van der Waals surface area (Å²) in [5.41, 5.74) is 7.06.